The molecule has 0 fully saturated rings. The summed E-state index contributed by atoms with van der Waals surface area (Å²) in [4.78, 5) is 26.1. The lowest BCUT2D eigenvalue weighted by Crippen LogP contribution is -2.44. The van der Waals surface area contributed by atoms with Crippen molar-refractivity contribution < 1.29 is 14.0 Å². The lowest BCUT2D eigenvalue weighted by molar-refractivity contribution is -0.125. The predicted octanol–water partition coefficient (Wildman–Crippen LogP) is 1.76. The molecule has 132 valence electrons. The van der Waals surface area contributed by atoms with Gasteiger partial charge in [0.1, 0.15) is 5.82 Å². The number of nitrogens with one attached hydrogen (secondary N) is 2. The Balaban J connectivity index is 1.45. The highest BCUT2D eigenvalue weighted by atomic mass is 19.1. The molecule has 0 saturated carbocycles. The lowest BCUT2D eigenvalue weighted by Gasteiger charge is -2.34. The van der Waals surface area contributed by atoms with Crippen molar-refractivity contribution in [3.8, 4) is 0 Å². The van der Waals surface area contributed by atoms with Gasteiger partial charge in [-0.3, -0.25) is 14.5 Å². The van der Waals surface area contributed by atoms with Crippen LogP contribution in [-0.4, -0.2) is 40.9 Å². The number of halogens is 1. The zero-order valence-electron chi connectivity index (χ0n) is 14.0. The standard InChI is InChI=1S/C18H21FN4O2/c1-13-16-3-2-8-22(16)9-10-23(13)12-18(25)20-11-17(24)21-15-6-4-14(19)5-7-15/h2-8,13H,9-12H2,1H3,(H,20,25)(H,21,24). The molecule has 1 aromatic heterocycles. The molecule has 1 unspecified atom stereocenters. The zero-order valence-corrected chi connectivity index (χ0v) is 14.0. The second kappa shape index (κ2) is 7.48. The Labute approximate surface area is 145 Å². The van der Waals surface area contributed by atoms with Gasteiger partial charge in [-0.05, 0) is 43.3 Å². The molecule has 2 amide bonds. The number of fused-ring (bicyclic) bond motifs is 1. The van der Waals surface area contributed by atoms with Gasteiger partial charge in [0.25, 0.3) is 0 Å². The zero-order chi connectivity index (χ0) is 17.8. The fraction of sp³-hybridized carbons (Fsp3) is 0.333. The maximum atomic E-state index is 12.8. The molecule has 1 atom stereocenters. The van der Waals surface area contributed by atoms with Gasteiger partial charge < -0.3 is 15.2 Å². The maximum Gasteiger partial charge on any atom is 0.243 e. The fourth-order valence-corrected chi connectivity index (χ4v) is 3.00. The van der Waals surface area contributed by atoms with E-state index in [2.05, 4.69) is 33.1 Å². The maximum absolute atomic E-state index is 12.8. The number of carbonyl (C=O) groups excluding carboxylic acids is 2. The van der Waals surface area contributed by atoms with Crippen LogP contribution in [0.3, 0.4) is 0 Å². The second-order valence-electron chi connectivity index (χ2n) is 6.10. The number of anilines is 1. The normalized spacial score (nSPS) is 17.0. The smallest absolute Gasteiger partial charge is 0.243 e. The van der Waals surface area contributed by atoms with Crippen LogP contribution in [-0.2, 0) is 16.1 Å². The van der Waals surface area contributed by atoms with Crippen molar-refractivity contribution in [2.24, 2.45) is 0 Å². The summed E-state index contributed by atoms with van der Waals surface area (Å²) in [5.41, 5.74) is 1.68. The SMILES string of the molecule is CC1c2cccn2CCN1CC(=O)NCC(=O)Nc1ccc(F)cc1. The molecule has 0 spiro atoms. The average Bonchev–Trinajstić information content (AvgIpc) is 3.07. The van der Waals surface area contributed by atoms with Crippen LogP contribution in [0.4, 0.5) is 10.1 Å². The van der Waals surface area contributed by atoms with Gasteiger partial charge in [0.2, 0.25) is 11.8 Å². The summed E-state index contributed by atoms with van der Waals surface area (Å²) in [7, 11) is 0. The first-order valence-corrected chi connectivity index (χ1v) is 8.24. The molecule has 0 saturated heterocycles. The average molecular weight is 344 g/mol. The molecule has 2 heterocycles. The Morgan fingerprint density at radius 1 is 1.16 bits per heavy atom. The minimum absolute atomic E-state index is 0.116. The van der Waals surface area contributed by atoms with E-state index in [-0.39, 0.29) is 36.8 Å². The number of hydrogen-bond acceptors (Lipinski definition) is 3. The number of amides is 2. The Hall–Kier alpha value is -2.67. The number of rotatable bonds is 5. The van der Waals surface area contributed by atoms with Gasteiger partial charge in [-0.2, -0.15) is 0 Å². The minimum Gasteiger partial charge on any atom is -0.349 e. The molecule has 7 heteroatoms. The highest BCUT2D eigenvalue weighted by Gasteiger charge is 2.25. The van der Waals surface area contributed by atoms with Crippen LogP contribution in [0.25, 0.3) is 0 Å². The summed E-state index contributed by atoms with van der Waals surface area (Å²) >= 11 is 0. The van der Waals surface area contributed by atoms with Crippen LogP contribution < -0.4 is 10.6 Å². The lowest BCUT2D eigenvalue weighted by atomic mass is 10.1. The molecule has 3 rings (SSSR count). The quantitative estimate of drug-likeness (QED) is 0.869. The van der Waals surface area contributed by atoms with E-state index < -0.39 is 0 Å². The van der Waals surface area contributed by atoms with Crippen LogP contribution in [0.1, 0.15) is 18.7 Å². The predicted molar refractivity (Wildman–Crippen MR) is 92.5 cm³/mol. The van der Waals surface area contributed by atoms with E-state index in [0.29, 0.717) is 5.69 Å². The van der Waals surface area contributed by atoms with Crippen LogP contribution in [0.5, 0.6) is 0 Å². The molecule has 0 radical (unpaired) electrons. The Bertz CT molecular complexity index is 757. The van der Waals surface area contributed by atoms with Crippen molar-refractivity contribution in [1.82, 2.24) is 14.8 Å². The highest BCUT2D eigenvalue weighted by molar-refractivity contribution is 5.94. The van der Waals surface area contributed by atoms with E-state index in [4.69, 9.17) is 0 Å². The van der Waals surface area contributed by atoms with Crippen LogP contribution in [0.15, 0.2) is 42.6 Å². The number of aromatic nitrogens is 1. The highest BCUT2D eigenvalue weighted by Crippen LogP contribution is 2.24. The van der Waals surface area contributed by atoms with E-state index in [0.717, 1.165) is 13.1 Å². The summed E-state index contributed by atoms with van der Waals surface area (Å²) in [6.45, 7) is 3.84. The molecule has 0 aliphatic carbocycles. The Kier molecular flexibility index (Phi) is 5.14. The molecule has 1 aromatic carbocycles. The van der Waals surface area contributed by atoms with E-state index in [1.54, 1.807) is 0 Å². The van der Waals surface area contributed by atoms with E-state index in [1.807, 2.05) is 12.3 Å². The first-order chi connectivity index (χ1) is 12.0. The topological polar surface area (TPSA) is 66.4 Å². The van der Waals surface area contributed by atoms with E-state index in [9.17, 15) is 14.0 Å². The Morgan fingerprint density at radius 2 is 1.92 bits per heavy atom. The van der Waals surface area contributed by atoms with Crippen LogP contribution >= 0.6 is 0 Å². The number of hydrogen-bond donors (Lipinski definition) is 2. The minimum atomic E-state index is -0.368. The molecular weight excluding hydrogens is 323 g/mol. The van der Waals surface area contributed by atoms with Gasteiger partial charge in [0.05, 0.1) is 13.1 Å². The first-order valence-electron chi connectivity index (χ1n) is 8.24. The van der Waals surface area contributed by atoms with E-state index >= 15 is 0 Å². The molecular formula is C18H21FN4O2. The second-order valence-corrected chi connectivity index (χ2v) is 6.10. The van der Waals surface area contributed by atoms with E-state index in [1.165, 1.54) is 30.0 Å². The third-order valence-corrected chi connectivity index (χ3v) is 4.39. The van der Waals surface area contributed by atoms with Gasteiger partial charge in [-0.15, -0.1) is 0 Å². The summed E-state index contributed by atoms with van der Waals surface area (Å²) < 4.78 is 15.0. The van der Waals surface area contributed by atoms with Crippen molar-refractivity contribution in [3.05, 3.63) is 54.1 Å². The molecule has 25 heavy (non-hydrogen) atoms. The van der Waals surface area contributed by atoms with Gasteiger partial charge in [0.15, 0.2) is 0 Å². The Morgan fingerprint density at radius 3 is 2.68 bits per heavy atom. The molecule has 0 bridgehead atoms. The summed E-state index contributed by atoms with van der Waals surface area (Å²) in [5, 5.41) is 5.24. The van der Waals surface area contributed by atoms with Crippen LogP contribution in [0.2, 0.25) is 0 Å². The third-order valence-electron chi connectivity index (χ3n) is 4.39. The number of benzene rings is 1. The van der Waals surface area contributed by atoms with Gasteiger partial charge in [-0.25, -0.2) is 4.39 Å². The molecule has 6 nitrogen and oxygen atoms in total. The van der Waals surface area contributed by atoms with Crippen molar-refractivity contribution in [3.63, 3.8) is 0 Å². The van der Waals surface area contributed by atoms with Crippen LogP contribution in [0, 0.1) is 5.82 Å². The van der Waals surface area contributed by atoms with Gasteiger partial charge in [0, 0.05) is 36.7 Å². The largest absolute Gasteiger partial charge is 0.349 e. The van der Waals surface area contributed by atoms with Crippen molar-refractivity contribution in [2.75, 3.05) is 25.0 Å². The van der Waals surface area contributed by atoms with Gasteiger partial charge in [-0.1, -0.05) is 0 Å². The first kappa shape index (κ1) is 17.2. The monoisotopic (exact) mass is 344 g/mol. The number of carbonyl (C=O) groups is 2. The molecule has 1 aliphatic heterocycles. The number of nitrogens with zero attached hydrogens (tertiary/aromatic N) is 2. The summed E-state index contributed by atoms with van der Waals surface area (Å²) in [6, 6.07) is 9.70. The summed E-state index contributed by atoms with van der Waals surface area (Å²) in [5.74, 6) is -0.908. The summed E-state index contributed by atoms with van der Waals surface area (Å²) in [6.07, 6.45) is 2.04. The van der Waals surface area contributed by atoms with Crippen molar-refractivity contribution in [2.45, 2.75) is 19.5 Å². The molecule has 2 aromatic rings. The van der Waals surface area contributed by atoms with Crippen molar-refractivity contribution in [1.29, 1.82) is 0 Å². The molecule has 1 aliphatic rings. The van der Waals surface area contributed by atoms with Gasteiger partial charge >= 0.3 is 0 Å². The third kappa shape index (κ3) is 4.24. The fourth-order valence-electron chi connectivity index (χ4n) is 3.00. The molecule has 2 N–H and O–H groups in total. The van der Waals surface area contributed by atoms with Crippen molar-refractivity contribution >= 4 is 17.5 Å².